The molecule has 2 N–H and O–H groups in total. The van der Waals surface area contributed by atoms with E-state index in [2.05, 4.69) is 20.4 Å². The standard InChI is InChI=1S/C22H21F2N3O4S/c1-3-30-17-7-5-4-6-16(17)20(29)25-12-18(28)26-22-27-19(13(2)32-22)14-8-10-15(11-9-14)31-21(23)24/h4-11,21H,3,12H2,1-2H3,(H,25,29)(H,26,27,28). The number of halogens is 2. The maximum atomic E-state index is 12.4. The Bertz CT molecular complexity index is 1090. The number of aryl methyl sites for hydroxylation is 1. The third kappa shape index (κ3) is 6.01. The number of hydrogen-bond donors (Lipinski definition) is 2. The molecule has 3 rings (SSSR count). The number of carbonyl (C=O) groups is 2. The van der Waals surface area contributed by atoms with Crippen LogP contribution in [0, 0.1) is 6.92 Å². The average Bonchev–Trinajstić information content (AvgIpc) is 3.12. The van der Waals surface area contributed by atoms with Gasteiger partial charge in [0.2, 0.25) is 5.91 Å². The second-order valence-electron chi connectivity index (χ2n) is 6.49. The zero-order valence-corrected chi connectivity index (χ0v) is 18.2. The molecule has 10 heteroatoms. The molecular weight excluding hydrogens is 440 g/mol. The molecule has 0 fully saturated rings. The van der Waals surface area contributed by atoms with E-state index >= 15 is 0 Å². The Kier molecular flexibility index (Phi) is 7.72. The molecule has 0 spiro atoms. The van der Waals surface area contributed by atoms with Crippen molar-refractivity contribution in [2.45, 2.75) is 20.5 Å². The topological polar surface area (TPSA) is 89.5 Å². The lowest BCUT2D eigenvalue weighted by molar-refractivity contribution is -0.115. The summed E-state index contributed by atoms with van der Waals surface area (Å²) >= 11 is 1.27. The van der Waals surface area contributed by atoms with Gasteiger partial charge in [0.05, 0.1) is 24.4 Å². The van der Waals surface area contributed by atoms with E-state index in [0.717, 1.165) is 4.88 Å². The fourth-order valence-electron chi connectivity index (χ4n) is 2.87. The molecule has 2 amide bonds. The molecule has 0 saturated carbocycles. The van der Waals surface area contributed by atoms with Gasteiger partial charge in [-0.3, -0.25) is 9.59 Å². The molecule has 0 aliphatic carbocycles. The monoisotopic (exact) mass is 461 g/mol. The Labute approximate surface area is 187 Å². The third-order valence-electron chi connectivity index (χ3n) is 4.24. The Hall–Kier alpha value is -3.53. The minimum absolute atomic E-state index is 0.0480. The minimum Gasteiger partial charge on any atom is -0.493 e. The van der Waals surface area contributed by atoms with Crippen molar-refractivity contribution in [3.05, 3.63) is 59.0 Å². The van der Waals surface area contributed by atoms with Crippen molar-refractivity contribution in [3.8, 4) is 22.8 Å². The molecular formula is C22H21F2N3O4S. The molecule has 0 aliphatic heterocycles. The van der Waals surface area contributed by atoms with Crippen LogP contribution >= 0.6 is 11.3 Å². The van der Waals surface area contributed by atoms with Gasteiger partial charge in [0.25, 0.3) is 5.91 Å². The predicted molar refractivity (Wildman–Crippen MR) is 117 cm³/mol. The van der Waals surface area contributed by atoms with E-state index in [-0.39, 0.29) is 12.3 Å². The molecule has 3 aromatic rings. The quantitative estimate of drug-likeness (QED) is 0.490. The number of aromatic nitrogens is 1. The lowest BCUT2D eigenvalue weighted by Crippen LogP contribution is -2.33. The highest BCUT2D eigenvalue weighted by Gasteiger charge is 2.15. The van der Waals surface area contributed by atoms with Gasteiger partial charge < -0.3 is 20.1 Å². The summed E-state index contributed by atoms with van der Waals surface area (Å²) in [5.41, 5.74) is 1.65. The number of rotatable bonds is 9. The van der Waals surface area contributed by atoms with Crippen molar-refractivity contribution in [2.75, 3.05) is 18.5 Å². The number of nitrogens with one attached hydrogen (secondary N) is 2. The van der Waals surface area contributed by atoms with Crippen molar-refractivity contribution in [3.63, 3.8) is 0 Å². The van der Waals surface area contributed by atoms with Crippen LogP contribution in [0.3, 0.4) is 0 Å². The van der Waals surface area contributed by atoms with Gasteiger partial charge in [-0.05, 0) is 50.2 Å². The van der Waals surface area contributed by atoms with E-state index in [1.165, 1.54) is 23.5 Å². The van der Waals surface area contributed by atoms with Crippen molar-refractivity contribution < 1.29 is 27.8 Å². The molecule has 168 valence electrons. The van der Waals surface area contributed by atoms with Crippen LogP contribution < -0.4 is 20.1 Å². The zero-order valence-electron chi connectivity index (χ0n) is 17.4. The molecule has 32 heavy (non-hydrogen) atoms. The number of amides is 2. The molecule has 0 aliphatic rings. The lowest BCUT2D eigenvalue weighted by Gasteiger charge is -2.10. The van der Waals surface area contributed by atoms with Crippen molar-refractivity contribution in [1.29, 1.82) is 0 Å². The average molecular weight is 461 g/mol. The summed E-state index contributed by atoms with van der Waals surface area (Å²) in [7, 11) is 0. The Morgan fingerprint density at radius 2 is 1.84 bits per heavy atom. The van der Waals surface area contributed by atoms with Crippen LogP contribution in [0.2, 0.25) is 0 Å². The van der Waals surface area contributed by atoms with Crippen molar-refractivity contribution >= 4 is 28.3 Å². The second-order valence-corrected chi connectivity index (χ2v) is 7.69. The number of alkyl halides is 2. The number of para-hydroxylation sites is 1. The van der Waals surface area contributed by atoms with Crippen molar-refractivity contribution in [1.82, 2.24) is 10.3 Å². The second kappa shape index (κ2) is 10.7. The number of benzene rings is 2. The van der Waals surface area contributed by atoms with Crippen LogP contribution in [0.1, 0.15) is 22.2 Å². The van der Waals surface area contributed by atoms with Crippen LogP contribution in [0.25, 0.3) is 11.3 Å². The largest absolute Gasteiger partial charge is 0.493 e. The van der Waals surface area contributed by atoms with Crippen LogP contribution in [-0.4, -0.2) is 36.6 Å². The first-order valence-electron chi connectivity index (χ1n) is 9.70. The summed E-state index contributed by atoms with van der Waals surface area (Å²) in [5, 5.41) is 5.58. The van der Waals surface area contributed by atoms with E-state index in [1.807, 2.05) is 13.8 Å². The molecule has 1 heterocycles. The molecule has 0 saturated heterocycles. The van der Waals surface area contributed by atoms with E-state index in [1.54, 1.807) is 36.4 Å². The zero-order chi connectivity index (χ0) is 23.1. The molecule has 1 aromatic heterocycles. The summed E-state index contributed by atoms with van der Waals surface area (Å²) in [5.74, 6) is -0.371. The van der Waals surface area contributed by atoms with Crippen LogP contribution in [0.5, 0.6) is 11.5 Å². The van der Waals surface area contributed by atoms with Gasteiger partial charge in [-0.15, -0.1) is 11.3 Å². The summed E-state index contributed by atoms with van der Waals surface area (Å²) in [4.78, 5) is 29.9. The first kappa shape index (κ1) is 23.1. The van der Waals surface area contributed by atoms with Gasteiger partial charge >= 0.3 is 6.61 Å². The third-order valence-corrected chi connectivity index (χ3v) is 5.12. The number of nitrogens with zero attached hydrogens (tertiary/aromatic N) is 1. The fraction of sp³-hybridized carbons (Fsp3) is 0.227. The summed E-state index contributed by atoms with van der Waals surface area (Å²) in [6, 6.07) is 12.8. The van der Waals surface area contributed by atoms with E-state index < -0.39 is 18.4 Å². The van der Waals surface area contributed by atoms with E-state index in [4.69, 9.17) is 4.74 Å². The fourth-order valence-corrected chi connectivity index (χ4v) is 3.72. The molecule has 0 atom stereocenters. The molecule has 0 bridgehead atoms. The highest BCUT2D eigenvalue weighted by molar-refractivity contribution is 7.16. The SMILES string of the molecule is CCOc1ccccc1C(=O)NCC(=O)Nc1nc(-c2ccc(OC(F)F)cc2)c(C)s1. The summed E-state index contributed by atoms with van der Waals surface area (Å²) in [6.45, 7) is 0.930. The number of hydrogen-bond acceptors (Lipinski definition) is 6. The normalized spacial score (nSPS) is 10.7. The van der Waals surface area contributed by atoms with Gasteiger partial charge in [-0.25, -0.2) is 4.98 Å². The van der Waals surface area contributed by atoms with Crippen LogP contribution in [0.4, 0.5) is 13.9 Å². The molecule has 7 nitrogen and oxygen atoms in total. The highest BCUT2D eigenvalue weighted by Crippen LogP contribution is 2.31. The van der Waals surface area contributed by atoms with Crippen LogP contribution in [-0.2, 0) is 4.79 Å². The minimum atomic E-state index is -2.89. The smallest absolute Gasteiger partial charge is 0.387 e. The first-order chi connectivity index (χ1) is 15.4. The maximum absolute atomic E-state index is 12.4. The summed E-state index contributed by atoms with van der Waals surface area (Å²) < 4.78 is 34.4. The van der Waals surface area contributed by atoms with Gasteiger partial charge in [-0.2, -0.15) is 8.78 Å². The van der Waals surface area contributed by atoms with Gasteiger partial charge in [0.15, 0.2) is 5.13 Å². The molecule has 0 unspecified atom stereocenters. The molecule has 2 aromatic carbocycles. The van der Waals surface area contributed by atoms with Gasteiger partial charge in [0.1, 0.15) is 11.5 Å². The Balaban J connectivity index is 1.60. The number of thiazole rings is 1. The van der Waals surface area contributed by atoms with Crippen molar-refractivity contribution in [2.24, 2.45) is 0 Å². The number of carbonyl (C=O) groups excluding carboxylic acids is 2. The number of anilines is 1. The Morgan fingerprint density at radius 1 is 1.12 bits per heavy atom. The lowest BCUT2D eigenvalue weighted by atomic mass is 10.1. The Morgan fingerprint density at radius 3 is 2.53 bits per heavy atom. The van der Waals surface area contributed by atoms with E-state index in [9.17, 15) is 18.4 Å². The summed E-state index contributed by atoms with van der Waals surface area (Å²) in [6.07, 6.45) is 0. The first-order valence-corrected chi connectivity index (χ1v) is 10.5. The maximum Gasteiger partial charge on any atom is 0.387 e. The van der Waals surface area contributed by atoms with Crippen LogP contribution in [0.15, 0.2) is 48.5 Å². The van der Waals surface area contributed by atoms with Gasteiger partial charge in [-0.1, -0.05) is 12.1 Å². The molecule has 0 radical (unpaired) electrons. The number of ether oxygens (including phenoxy) is 2. The van der Waals surface area contributed by atoms with Gasteiger partial charge in [0, 0.05) is 10.4 Å². The highest BCUT2D eigenvalue weighted by atomic mass is 32.1. The van der Waals surface area contributed by atoms with E-state index in [0.29, 0.717) is 34.3 Å². The predicted octanol–water partition coefficient (Wildman–Crippen LogP) is 4.49.